The molecule has 0 saturated carbocycles. The minimum Gasteiger partial charge on any atom is -0.480 e. The van der Waals surface area contributed by atoms with Crippen molar-refractivity contribution in [2.24, 2.45) is 5.73 Å². The van der Waals surface area contributed by atoms with Crippen LogP contribution in [-0.4, -0.2) is 52.5 Å². The summed E-state index contributed by atoms with van der Waals surface area (Å²) in [4.78, 5) is 24.1. The topological polar surface area (TPSA) is 83.6 Å². The van der Waals surface area contributed by atoms with Crippen molar-refractivity contribution in [2.75, 3.05) is 18.6 Å². The molecule has 0 saturated heterocycles. The zero-order valence-corrected chi connectivity index (χ0v) is 11.5. The quantitative estimate of drug-likeness (QED) is 0.675. The minimum absolute atomic E-state index is 0.0982. The molecule has 0 fully saturated rings. The Bertz CT molecular complexity index is 261. The number of aliphatic carboxylic acids is 1. The fourth-order valence-corrected chi connectivity index (χ4v) is 1.89. The van der Waals surface area contributed by atoms with E-state index < -0.39 is 12.0 Å². The molecule has 0 aromatic heterocycles. The van der Waals surface area contributed by atoms with Crippen molar-refractivity contribution in [2.45, 2.75) is 38.8 Å². The molecule has 0 aliphatic carbocycles. The van der Waals surface area contributed by atoms with Gasteiger partial charge in [0.2, 0.25) is 5.91 Å². The fourth-order valence-electron chi connectivity index (χ4n) is 1.40. The zero-order valence-electron chi connectivity index (χ0n) is 10.7. The lowest BCUT2D eigenvalue weighted by Crippen LogP contribution is -2.49. The van der Waals surface area contributed by atoms with Gasteiger partial charge < -0.3 is 15.7 Å². The molecule has 1 amide bonds. The van der Waals surface area contributed by atoms with E-state index >= 15 is 0 Å². The van der Waals surface area contributed by atoms with Gasteiger partial charge in [0.05, 0.1) is 6.04 Å². The Morgan fingerprint density at radius 1 is 1.47 bits per heavy atom. The number of hydrogen-bond donors (Lipinski definition) is 2. The number of amides is 1. The second kappa shape index (κ2) is 8.36. The molecule has 0 aliphatic heterocycles. The summed E-state index contributed by atoms with van der Waals surface area (Å²) in [6.07, 6.45) is 3.24. The third-order valence-corrected chi connectivity index (χ3v) is 3.31. The first-order chi connectivity index (χ1) is 7.93. The average Bonchev–Trinajstić information content (AvgIpc) is 2.30. The van der Waals surface area contributed by atoms with Gasteiger partial charge in [0.1, 0.15) is 6.54 Å². The van der Waals surface area contributed by atoms with Crippen LogP contribution in [-0.2, 0) is 9.59 Å². The Hall–Kier alpha value is -0.750. The largest absolute Gasteiger partial charge is 0.480 e. The number of nitrogens with zero attached hydrogens (tertiary/aromatic N) is 1. The van der Waals surface area contributed by atoms with Crippen LogP contribution < -0.4 is 5.73 Å². The van der Waals surface area contributed by atoms with Gasteiger partial charge in [-0.15, -0.1) is 0 Å². The third kappa shape index (κ3) is 5.93. The van der Waals surface area contributed by atoms with E-state index in [9.17, 15) is 9.59 Å². The molecule has 0 heterocycles. The zero-order chi connectivity index (χ0) is 13.4. The number of rotatable bonds is 8. The molecule has 0 aromatic carbocycles. The Kier molecular flexibility index (Phi) is 7.99. The molecule has 0 radical (unpaired) electrons. The molecular weight excluding hydrogens is 240 g/mol. The lowest BCUT2D eigenvalue weighted by Gasteiger charge is -2.29. The van der Waals surface area contributed by atoms with E-state index in [1.165, 1.54) is 4.90 Å². The third-order valence-electron chi connectivity index (χ3n) is 2.66. The van der Waals surface area contributed by atoms with E-state index in [-0.39, 0.29) is 18.5 Å². The molecule has 3 N–H and O–H groups in total. The Morgan fingerprint density at radius 2 is 2.06 bits per heavy atom. The first-order valence-electron chi connectivity index (χ1n) is 5.70. The maximum atomic E-state index is 12.0. The van der Waals surface area contributed by atoms with Crippen LogP contribution in [0.4, 0.5) is 0 Å². The van der Waals surface area contributed by atoms with Gasteiger partial charge in [-0.05, 0) is 31.8 Å². The molecule has 0 aromatic rings. The lowest BCUT2D eigenvalue weighted by atomic mass is 10.1. The van der Waals surface area contributed by atoms with Crippen molar-refractivity contribution in [3.05, 3.63) is 0 Å². The van der Waals surface area contributed by atoms with E-state index in [0.29, 0.717) is 12.8 Å². The van der Waals surface area contributed by atoms with Crippen molar-refractivity contribution in [1.29, 1.82) is 0 Å². The molecule has 0 spiro atoms. The molecule has 5 nitrogen and oxygen atoms in total. The summed E-state index contributed by atoms with van der Waals surface area (Å²) in [5.41, 5.74) is 5.77. The Labute approximate surface area is 107 Å². The fraction of sp³-hybridized carbons (Fsp3) is 0.818. The molecule has 0 rings (SSSR count). The number of carbonyl (C=O) groups is 2. The second-order valence-electron chi connectivity index (χ2n) is 4.01. The van der Waals surface area contributed by atoms with E-state index in [1.54, 1.807) is 11.8 Å². The normalized spacial score (nSPS) is 14.1. The second-order valence-corrected chi connectivity index (χ2v) is 4.99. The van der Waals surface area contributed by atoms with E-state index in [1.807, 2.05) is 20.1 Å². The van der Waals surface area contributed by atoms with Crippen LogP contribution in [0, 0.1) is 0 Å². The number of carboxylic acids is 1. The molecule has 100 valence electrons. The first-order valence-corrected chi connectivity index (χ1v) is 7.10. The van der Waals surface area contributed by atoms with Crippen LogP contribution in [0.3, 0.4) is 0 Å². The SMILES string of the molecule is CCC(C)N(CC(=O)O)C(=O)[C@@H](N)CCSC. The number of carboxylic acid groups (broad SMARTS) is 1. The maximum absolute atomic E-state index is 12.0. The Morgan fingerprint density at radius 3 is 2.47 bits per heavy atom. The number of hydrogen-bond acceptors (Lipinski definition) is 4. The van der Waals surface area contributed by atoms with Crippen LogP contribution >= 0.6 is 11.8 Å². The van der Waals surface area contributed by atoms with Crippen molar-refractivity contribution >= 4 is 23.6 Å². The van der Waals surface area contributed by atoms with Gasteiger partial charge in [0.15, 0.2) is 0 Å². The van der Waals surface area contributed by atoms with Gasteiger partial charge in [-0.2, -0.15) is 11.8 Å². The minimum atomic E-state index is -1.00. The first kappa shape index (κ1) is 16.2. The molecule has 2 atom stereocenters. The summed E-state index contributed by atoms with van der Waals surface area (Å²) in [5, 5.41) is 8.80. The number of carbonyl (C=O) groups excluding carboxylic acids is 1. The van der Waals surface area contributed by atoms with Gasteiger partial charge in [-0.3, -0.25) is 9.59 Å². The van der Waals surface area contributed by atoms with Crippen LogP contribution in [0.1, 0.15) is 26.7 Å². The van der Waals surface area contributed by atoms with E-state index in [0.717, 1.165) is 5.75 Å². The standard InChI is InChI=1S/C11H22N2O3S/c1-4-8(2)13(7-10(14)15)11(16)9(12)5-6-17-3/h8-9H,4-7,12H2,1-3H3,(H,14,15)/t8?,9-/m0/s1. The highest BCUT2D eigenvalue weighted by molar-refractivity contribution is 7.98. The van der Waals surface area contributed by atoms with Gasteiger partial charge >= 0.3 is 5.97 Å². The summed E-state index contributed by atoms with van der Waals surface area (Å²) in [5.74, 6) is -0.472. The summed E-state index contributed by atoms with van der Waals surface area (Å²) < 4.78 is 0. The molecule has 0 bridgehead atoms. The number of nitrogens with two attached hydrogens (primary N) is 1. The molecule has 6 heteroatoms. The van der Waals surface area contributed by atoms with Gasteiger partial charge in [0, 0.05) is 6.04 Å². The summed E-state index contributed by atoms with van der Waals surface area (Å²) in [6.45, 7) is 3.48. The number of thioether (sulfide) groups is 1. The predicted molar refractivity (Wildman–Crippen MR) is 70.1 cm³/mol. The van der Waals surface area contributed by atoms with Crippen molar-refractivity contribution in [3.63, 3.8) is 0 Å². The molecular formula is C11H22N2O3S. The smallest absolute Gasteiger partial charge is 0.323 e. The average molecular weight is 262 g/mol. The highest BCUT2D eigenvalue weighted by atomic mass is 32.2. The van der Waals surface area contributed by atoms with Crippen LogP contribution in [0.25, 0.3) is 0 Å². The summed E-state index contributed by atoms with van der Waals surface area (Å²) in [7, 11) is 0. The molecule has 17 heavy (non-hydrogen) atoms. The Balaban J connectivity index is 4.56. The van der Waals surface area contributed by atoms with Crippen LogP contribution in [0.15, 0.2) is 0 Å². The van der Waals surface area contributed by atoms with Crippen molar-refractivity contribution in [3.8, 4) is 0 Å². The van der Waals surface area contributed by atoms with Gasteiger partial charge in [0.25, 0.3) is 0 Å². The monoisotopic (exact) mass is 262 g/mol. The van der Waals surface area contributed by atoms with E-state index in [4.69, 9.17) is 10.8 Å². The van der Waals surface area contributed by atoms with Gasteiger partial charge in [-0.25, -0.2) is 0 Å². The van der Waals surface area contributed by atoms with Crippen LogP contribution in [0.2, 0.25) is 0 Å². The van der Waals surface area contributed by atoms with Gasteiger partial charge in [-0.1, -0.05) is 6.92 Å². The molecule has 0 aliphatic rings. The van der Waals surface area contributed by atoms with Crippen molar-refractivity contribution in [1.82, 2.24) is 4.90 Å². The maximum Gasteiger partial charge on any atom is 0.323 e. The highest BCUT2D eigenvalue weighted by Gasteiger charge is 2.25. The predicted octanol–water partition coefficient (Wildman–Crippen LogP) is 0.779. The van der Waals surface area contributed by atoms with Crippen LogP contribution in [0.5, 0.6) is 0 Å². The summed E-state index contributed by atoms with van der Waals surface area (Å²) in [6, 6.07) is -0.699. The summed E-state index contributed by atoms with van der Waals surface area (Å²) >= 11 is 1.62. The lowest BCUT2D eigenvalue weighted by molar-refractivity contribution is -0.146. The molecule has 1 unspecified atom stereocenters. The van der Waals surface area contributed by atoms with Crippen molar-refractivity contribution < 1.29 is 14.7 Å². The van der Waals surface area contributed by atoms with E-state index in [2.05, 4.69) is 0 Å². The highest BCUT2D eigenvalue weighted by Crippen LogP contribution is 2.08.